The number of rotatable bonds is 4. The van der Waals surface area contributed by atoms with Gasteiger partial charge in [-0.15, -0.1) is 0 Å². The monoisotopic (exact) mass is 142 g/mol. The summed E-state index contributed by atoms with van der Waals surface area (Å²) in [6.45, 7) is 3.74. The number of carbonyl (C=O) groups excluding carboxylic acids is 1. The largest absolute Gasteiger partial charge is 0.361 e. The molecule has 0 saturated carbocycles. The van der Waals surface area contributed by atoms with E-state index in [1.54, 1.807) is 6.92 Å². The van der Waals surface area contributed by atoms with Crippen molar-refractivity contribution in [3.05, 3.63) is 0 Å². The SMILES string of the molecule is CCCCC1OC1C(C)=O. The minimum Gasteiger partial charge on any atom is -0.361 e. The minimum absolute atomic E-state index is 0.0495. The minimum atomic E-state index is -0.0495. The van der Waals surface area contributed by atoms with Gasteiger partial charge in [0.05, 0.1) is 6.10 Å². The van der Waals surface area contributed by atoms with Gasteiger partial charge in [-0.2, -0.15) is 0 Å². The first-order valence-electron chi connectivity index (χ1n) is 3.91. The van der Waals surface area contributed by atoms with Gasteiger partial charge < -0.3 is 4.74 Å². The highest BCUT2D eigenvalue weighted by Crippen LogP contribution is 2.27. The Morgan fingerprint density at radius 3 is 2.70 bits per heavy atom. The summed E-state index contributed by atoms with van der Waals surface area (Å²) in [6.07, 6.45) is 3.63. The fourth-order valence-electron chi connectivity index (χ4n) is 1.13. The molecule has 0 aliphatic carbocycles. The molecule has 0 spiro atoms. The predicted octanol–water partition coefficient (Wildman–Crippen LogP) is 1.53. The molecule has 1 rings (SSSR count). The number of carbonyl (C=O) groups is 1. The molecule has 1 aliphatic rings. The Balaban J connectivity index is 2.08. The van der Waals surface area contributed by atoms with Crippen LogP contribution in [0.1, 0.15) is 33.1 Å². The van der Waals surface area contributed by atoms with Crippen LogP contribution in [0.4, 0.5) is 0 Å². The van der Waals surface area contributed by atoms with Crippen molar-refractivity contribution in [3.63, 3.8) is 0 Å². The standard InChI is InChI=1S/C8H14O2/c1-3-4-5-7-8(10-7)6(2)9/h7-8H,3-5H2,1-2H3. The van der Waals surface area contributed by atoms with Gasteiger partial charge in [-0.25, -0.2) is 0 Å². The molecule has 2 atom stereocenters. The van der Waals surface area contributed by atoms with E-state index < -0.39 is 0 Å². The first-order chi connectivity index (χ1) is 4.75. The molecule has 0 bridgehead atoms. The van der Waals surface area contributed by atoms with Gasteiger partial charge in [-0.3, -0.25) is 4.79 Å². The molecule has 1 heterocycles. The molecule has 0 aromatic carbocycles. The highest BCUT2D eigenvalue weighted by atomic mass is 16.6. The summed E-state index contributed by atoms with van der Waals surface area (Å²) in [5.74, 6) is 0.182. The average Bonchev–Trinajstić information content (AvgIpc) is 2.62. The summed E-state index contributed by atoms with van der Waals surface area (Å²) in [5, 5.41) is 0. The van der Waals surface area contributed by atoms with E-state index >= 15 is 0 Å². The first-order valence-corrected chi connectivity index (χ1v) is 3.91. The number of hydrogen-bond donors (Lipinski definition) is 0. The highest BCUT2D eigenvalue weighted by molar-refractivity contribution is 5.83. The summed E-state index contributed by atoms with van der Waals surface area (Å²) in [7, 11) is 0. The Kier molecular flexibility index (Phi) is 2.44. The van der Waals surface area contributed by atoms with Crippen LogP contribution in [0.3, 0.4) is 0 Å². The van der Waals surface area contributed by atoms with E-state index in [9.17, 15) is 4.79 Å². The fraction of sp³-hybridized carbons (Fsp3) is 0.875. The Bertz CT molecular complexity index is 131. The second kappa shape index (κ2) is 3.15. The Morgan fingerprint density at radius 1 is 1.60 bits per heavy atom. The quantitative estimate of drug-likeness (QED) is 0.557. The lowest BCUT2D eigenvalue weighted by atomic mass is 10.1. The number of hydrogen-bond acceptors (Lipinski definition) is 2. The zero-order valence-corrected chi connectivity index (χ0v) is 6.59. The Labute approximate surface area is 61.6 Å². The second-order valence-electron chi connectivity index (χ2n) is 2.85. The topological polar surface area (TPSA) is 29.6 Å². The van der Waals surface area contributed by atoms with Gasteiger partial charge in [-0.05, 0) is 13.3 Å². The molecule has 0 N–H and O–H groups in total. The van der Waals surface area contributed by atoms with Gasteiger partial charge in [0.25, 0.3) is 0 Å². The Morgan fingerprint density at radius 2 is 2.30 bits per heavy atom. The van der Waals surface area contributed by atoms with Crippen LogP contribution in [0, 0.1) is 0 Å². The van der Waals surface area contributed by atoms with Crippen molar-refractivity contribution in [1.82, 2.24) is 0 Å². The van der Waals surface area contributed by atoms with Gasteiger partial charge in [0.15, 0.2) is 5.78 Å². The molecular weight excluding hydrogens is 128 g/mol. The van der Waals surface area contributed by atoms with E-state index in [0.717, 1.165) is 6.42 Å². The highest BCUT2D eigenvalue weighted by Gasteiger charge is 2.41. The summed E-state index contributed by atoms with van der Waals surface area (Å²) in [6, 6.07) is 0. The van der Waals surface area contributed by atoms with Gasteiger partial charge in [0.1, 0.15) is 6.10 Å². The molecule has 0 radical (unpaired) electrons. The van der Waals surface area contributed by atoms with Gasteiger partial charge in [0.2, 0.25) is 0 Å². The van der Waals surface area contributed by atoms with Crippen LogP contribution in [0.25, 0.3) is 0 Å². The maximum atomic E-state index is 10.7. The number of unbranched alkanes of at least 4 members (excludes halogenated alkanes) is 1. The van der Waals surface area contributed by atoms with E-state index in [4.69, 9.17) is 4.74 Å². The third kappa shape index (κ3) is 1.81. The van der Waals surface area contributed by atoms with Crippen LogP contribution in [0.15, 0.2) is 0 Å². The zero-order chi connectivity index (χ0) is 7.56. The van der Waals surface area contributed by atoms with E-state index in [1.165, 1.54) is 12.8 Å². The van der Waals surface area contributed by atoms with Crippen LogP contribution < -0.4 is 0 Å². The zero-order valence-electron chi connectivity index (χ0n) is 6.59. The van der Waals surface area contributed by atoms with Crippen LogP contribution in [0.5, 0.6) is 0 Å². The van der Waals surface area contributed by atoms with E-state index in [0.29, 0.717) is 0 Å². The van der Waals surface area contributed by atoms with Crippen LogP contribution >= 0.6 is 0 Å². The number of ether oxygens (including phenoxy) is 1. The van der Waals surface area contributed by atoms with Crippen molar-refractivity contribution in [2.75, 3.05) is 0 Å². The lowest BCUT2D eigenvalue weighted by molar-refractivity contribution is -0.118. The molecule has 2 nitrogen and oxygen atoms in total. The normalized spacial score (nSPS) is 30.2. The van der Waals surface area contributed by atoms with E-state index in [1.807, 2.05) is 0 Å². The molecule has 2 unspecified atom stereocenters. The third-order valence-electron chi connectivity index (χ3n) is 1.83. The number of ketones is 1. The molecule has 1 fully saturated rings. The lowest BCUT2D eigenvalue weighted by Gasteiger charge is -1.88. The molecule has 10 heavy (non-hydrogen) atoms. The maximum absolute atomic E-state index is 10.7. The van der Waals surface area contributed by atoms with Crippen molar-refractivity contribution in [1.29, 1.82) is 0 Å². The smallest absolute Gasteiger partial charge is 0.161 e. The molecule has 1 aliphatic heterocycles. The van der Waals surface area contributed by atoms with E-state index in [-0.39, 0.29) is 18.0 Å². The summed E-state index contributed by atoms with van der Waals surface area (Å²) in [4.78, 5) is 10.7. The van der Waals surface area contributed by atoms with Crippen LogP contribution in [-0.2, 0) is 9.53 Å². The number of Topliss-reactive ketones (excluding diaryl/α,β-unsaturated/α-hetero) is 1. The van der Waals surface area contributed by atoms with Gasteiger partial charge >= 0.3 is 0 Å². The van der Waals surface area contributed by atoms with Crippen molar-refractivity contribution >= 4 is 5.78 Å². The van der Waals surface area contributed by atoms with Crippen molar-refractivity contribution < 1.29 is 9.53 Å². The molecule has 58 valence electrons. The molecule has 0 aromatic heterocycles. The fourth-order valence-corrected chi connectivity index (χ4v) is 1.13. The Hall–Kier alpha value is -0.370. The molecule has 1 saturated heterocycles. The predicted molar refractivity (Wildman–Crippen MR) is 38.9 cm³/mol. The molecular formula is C8H14O2. The summed E-state index contributed by atoms with van der Waals surface area (Å²) in [5.41, 5.74) is 0. The van der Waals surface area contributed by atoms with Gasteiger partial charge in [-0.1, -0.05) is 19.8 Å². The summed E-state index contributed by atoms with van der Waals surface area (Å²) < 4.78 is 5.13. The second-order valence-corrected chi connectivity index (χ2v) is 2.85. The first kappa shape index (κ1) is 7.73. The van der Waals surface area contributed by atoms with Crippen molar-refractivity contribution in [2.24, 2.45) is 0 Å². The molecule has 2 heteroatoms. The van der Waals surface area contributed by atoms with Crippen molar-refractivity contribution in [3.8, 4) is 0 Å². The average molecular weight is 142 g/mol. The van der Waals surface area contributed by atoms with E-state index in [2.05, 4.69) is 6.92 Å². The van der Waals surface area contributed by atoms with Gasteiger partial charge in [0, 0.05) is 0 Å². The number of epoxide rings is 1. The lowest BCUT2D eigenvalue weighted by Crippen LogP contribution is -2.04. The van der Waals surface area contributed by atoms with Crippen molar-refractivity contribution in [2.45, 2.75) is 45.3 Å². The maximum Gasteiger partial charge on any atom is 0.161 e. The molecule has 0 aromatic rings. The summed E-state index contributed by atoms with van der Waals surface area (Å²) >= 11 is 0. The van der Waals surface area contributed by atoms with Crippen LogP contribution in [0.2, 0.25) is 0 Å². The third-order valence-corrected chi connectivity index (χ3v) is 1.83. The van der Waals surface area contributed by atoms with Crippen LogP contribution in [-0.4, -0.2) is 18.0 Å². The molecule has 0 amide bonds.